The summed E-state index contributed by atoms with van der Waals surface area (Å²) in [7, 11) is -3.51. The molecule has 8 nitrogen and oxygen atoms in total. The van der Waals surface area contributed by atoms with Crippen LogP contribution < -0.4 is 0 Å². The fourth-order valence-electron chi connectivity index (χ4n) is 3.41. The molecule has 1 heterocycles. The molecular formula is C16H27NO7S. The van der Waals surface area contributed by atoms with E-state index in [1.807, 2.05) is 0 Å². The molecule has 0 radical (unpaired) electrons. The largest absolute Gasteiger partial charge is 0.464 e. The third kappa shape index (κ3) is 4.84. The average molecular weight is 377 g/mol. The van der Waals surface area contributed by atoms with Crippen LogP contribution in [0.3, 0.4) is 0 Å². The van der Waals surface area contributed by atoms with Crippen molar-refractivity contribution in [3.05, 3.63) is 0 Å². The van der Waals surface area contributed by atoms with Crippen LogP contribution in [-0.2, 0) is 28.6 Å². The van der Waals surface area contributed by atoms with Gasteiger partial charge >= 0.3 is 12.1 Å². The minimum absolute atomic E-state index is 0.0348. The maximum Gasteiger partial charge on any atom is 0.411 e. The maximum absolute atomic E-state index is 12.6. The van der Waals surface area contributed by atoms with Gasteiger partial charge in [0.15, 0.2) is 0 Å². The second-order valence-electron chi connectivity index (χ2n) is 7.72. The van der Waals surface area contributed by atoms with Gasteiger partial charge in [0, 0.05) is 6.04 Å². The van der Waals surface area contributed by atoms with E-state index in [1.54, 1.807) is 27.7 Å². The molecule has 144 valence electrons. The summed E-state index contributed by atoms with van der Waals surface area (Å²) in [6.07, 6.45) is 2.05. The van der Waals surface area contributed by atoms with Gasteiger partial charge in [-0.05, 0) is 52.4 Å². The van der Waals surface area contributed by atoms with Crippen LogP contribution in [0.2, 0.25) is 0 Å². The van der Waals surface area contributed by atoms with E-state index < -0.39 is 33.8 Å². The summed E-state index contributed by atoms with van der Waals surface area (Å²) in [6, 6.07) is -0.855. The predicted molar refractivity (Wildman–Crippen MR) is 89.4 cm³/mol. The van der Waals surface area contributed by atoms with Crippen molar-refractivity contribution in [3.63, 3.8) is 0 Å². The molecule has 1 saturated carbocycles. The molecule has 1 saturated heterocycles. The van der Waals surface area contributed by atoms with Crippen LogP contribution in [0.1, 0.15) is 47.0 Å². The van der Waals surface area contributed by atoms with Gasteiger partial charge in [0.1, 0.15) is 11.6 Å². The minimum Gasteiger partial charge on any atom is -0.464 e. The summed E-state index contributed by atoms with van der Waals surface area (Å²) in [5.74, 6) is -0.455. The number of likely N-dealkylation sites (tertiary alicyclic amines) is 1. The molecule has 2 fully saturated rings. The molecule has 0 unspecified atom stereocenters. The predicted octanol–water partition coefficient (Wildman–Crippen LogP) is 1.68. The van der Waals surface area contributed by atoms with Gasteiger partial charge in [-0.1, -0.05) is 0 Å². The lowest BCUT2D eigenvalue weighted by Gasteiger charge is -2.29. The normalized spacial score (nSPS) is 28.4. The average Bonchev–Trinajstić information content (AvgIpc) is 3.00. The highest BCUT2D eigenvalue weighted by molar-refractivity contribution is 7.85. The van der Waals surface area contributed by atoms with Gasteiger partial charge in [0.2, 0.25) is 0 Å². The first-order valence-corrected chi connectivity index (χ1v) is 10.2. The van der Waals surface area contributed by atoms with Gasteiger partial charge in [-0.25, -0.2) is 9.59 Å². The molecule has 0 aromatic carbocycles. The SMILES string of the molecule is CCOC(=O)[C@@H]1C[C@@]2(CCOS(C)(=O)=O)C[C@H]2N1C(=O)OC(C)(C)C. The number of piperidine rings is 1. The van der Waals surface area contributed by atoms with Crippen LogP contribution >= 0.6 is 0 Å². The Labute approximate surface area is 148 Å². The molecule has 2 aliphatic rings. The number of hydrogen-bond donors (Lipinski definition) is 0. The van der Waals surface area contributed by atoms with Gasteiger partial charge in [-0.2, -0.15) is 8.42 Å². The Kier molecular flexibility index (Phi) is 5.39. The summed E-state index contributed by atoms with van der Waals surface area (Å²) in [6.45, 7) is 7.27. The lowest BCUT2D eigenvalue weighted by molar-refractivity contribution is -0.149. The monoisotopic (exact) mass is 377 g/mol. The summed E-state index contributed by atoms with van der Waals surface area (Å²) < 4.78 is 37.6. The van der Waals surface area contributed by atoms with Crippen molar-refractivity contribution in [2.45, 2.75) is 64.6 Å². The van der Waals surface area contributed by atoms with E-state index >= 15 is 0 Å². The number of esters is 1. The summed E-state index contributed by atoms with van der Waals surface area (Å²) in [5, 5.41) is 0. The van der Waals surface area contributed by atoms with E-state index in [-0.39, 0.29) is 24.7 Å². The van der Waals surface area contributed by atoms with Crippen LogP contribution in [0.5, 0.6) is 0 Å². The molecular weight excluding hydrogens is 350 g/mol. The number of nitrogens with zero attached hydrogens (tertiary/aromatic N) is 1. The van der Waals surface area contributed by atoms with E-state index in [0.717, 1.165) is 6.26 Å². The first-order chi connectivity index (χ1) is 11.4. The van der Waals surface area contributed by atoms with Gasteiger partial charge in [0.05, 0.1) is 19.5 Å². The fourth-order valence-corrected chi connectivity index (χ4v) is 3.80. The smallest absolute Gasteiger partial charge is 0.411 e. The number of carbonyl (C=O) groups is 2. The number of carbonyl (C=O) groups excluding carboxylic acids is 2. The number of rotatable bonds is 6. The fraction of sp³-hybridized carbons (Fsp3) is 0.875. The molecule has 0 bridgehead atoms. The Morgan fingerprint density at radius 3 is 2.40 bits per heavy atom. The second kappa shape index (κ2) is 6.75. The highest BCUT2D eigenvalue weighted by atomic mass is 32.2. The number of fused-ring (bicyclic) bond motifs is 1. The molecule has 1 amide bonds. The zero-order valence-corrected chi connectivity index (χ0v) is 16.2. The van der Waals surface area contributed by atoms with Crippen molar-refractivity contribution in [2.24, 2.45) is 5.41 Å². The first kappa shape index (κ1) is 20.0. The van der Waals surface area contributed by atoms with Crippen LogP contribution in [0.15, 0.2) is 0 Å². The molecule has 25 heavy (non-hydrogen) atoms. The molecule has 0 N–H and O–H groups in total. The zero-order valence-electron chi connectivity index (χ0n) is 15.4. The van der Waals surface area contributed by atoms with Crippen molar-refractivity contribution in [1.29, 1.82) is 0 Å². The zero-order chi connectivity index (χ0) is 19.0. The van der Waals surface area contributed by atoms with Gasteiger partial charge in [-0.15, -0.1) is 0 Å². The van der Waals surface area contributed by atoms with Gasteiger partial charge < -0.3 is 9.47 Å². The van der Waals surface area contributed by atoms with Crippen molar-refractivity contribution >= 4 is 22.2 Å². The third-order valence-corrected chi connectivity index (χ3v) is 5.07. The Bertz CT molecular complexity index is 639. The van der Waals surface area contributed by atoms with Crippen LogP contribution in [-0.4, -0.2) is 62.5 Å². The molecule has 1 aliphatic carbocycles. The van der Waals surface area contributed by atoms with E-state index in [2.05, 4.69) is 0 Å². The highest BCUT2D eigenvalue weighted by Crippen LogP contribution is 2.62. The minimum atomic E-state index is -3.51. The van der Waals surface area contributed by atoms with Crippen LogP contribution in [0, 0.1) is 5.41 Å². The number of amides is 1. The highest BCUT2D eigenvalue weighted by Gasteiger charge is 2.67. The van der Waals surface area contributed by atoms with Crippen LogP contribution in [0.25, 0.3) is 0 Å². The number of ether oxygens (including phenoxy) is 2. The van der Waals surface area contributed by atoms with E-state index in [0.29, 0.717) is 19.3 Å². The standard InChI is InChI=1S/C16H27NO7S/c1-6-22-13(18)11-9-16(7-8-23-25(5,20)21)10-12(16)17(11)14(19)24-15(2,3)4/h11-12H,6-10H2,1-5H3/t11-,12+,16-/m0/s1. The van der Waals surface area contributed by atoms with E-state index in [9.17, 15) is 18.0 Å². The first-order valence-electron chi connectivity index (χ1n) is 8.41. The molecule has 0 spiro atoms. The van der Waals surface area contributed by atoms with Crippen molar-refractivity contribution in [2.75, 3.05) is 19.5 Å². The Hall–Kier alpha value is -1.35. The van der Waals surface area contributed by atoms with Crippen molar-refractivity contribution in [1.82, 2.24) is 4.90 Å². The summed E-state index contributed by atoms with van der Waals surface area (Å²) in [4.78, 5) is 26.3. The van der Waals surface area contributed by atoms with E-state index in [4.69, 9.17) is 13.7 Å². The quantitative estimate of drug-likeness (QED) is 0.513. The van der Waals surface area contributed by atoms with Gasteiger partial charge in [0.25, 0.3) is 10.1 Å². The van der Waals surface area contributed by atoms with Crippen LogP contribution in [0.4, 0.5) is 4.79 Å². The molecule has 9 heteroatoms. The molecule has 3 atom stereocenters. The second-order valence-corrected chi connectivity index (χ2v) is 9.36. The Morgan fingerprint density at radius 2 is 1.88 bits per heavy atom. The molecule has 0 aromatic heterocycles. The summed E-state index contributed by atoms with van der Waals surface area (Å²) in [5.41, 5.74) is -0.977. The molecule has 0 aromatic rings. The number of hydrogen-bond acceptors (Lipinski definition) is 7. The van der Waals surface area contributed by atoms with Crippen molar-refractivity contribution < 1.29 is 31.7 Å². The van der Waals surface area contributed by atoms with E-state index in [1.165, 1.54) is 4.90 Å². The molecule has 1 aliphatic heterocycles. The Balaban J connectivity index is 2.10. The molecule has 2 rings (SSSR count). The van der Waals surface area contributed by atoms with Gasteiger partial charge in [-0.3, -0.25) is 9.08 Å². The third-order valence-electron chi connectivity index (χ3n) is 4.48. The summed E-state index contributed by atoms with van der Waals surface area (Å²) >= 11 is 0. The Morgan fingerprint density at radius 1 is 1.24 bits per heavy atom. The lowest BCUT2D eigenvalue weighted by Crippen LogP contribution is -2.46. The maximum atomic E-state index is 12.6. The topological polar surface area (TPSA) is 99.2 Å². The lowest BCUT2D eigenvalue weighted by atomic mass is 9.96. The van der Waals surface area contributed by atoms with Crippen molar-refractivity contribution in [3.8, 4) is 0 Å².